The van der Waals surface area contributed by atoms with Crippen LogP contribution in [0.4, 0.5) is 5.69 Å². The fourth-order valence-corrected chi connectivity index (χ4v) is 11.1. The smallest absolute Gasteiger partial charge is 0.258 e. The maximum absolute atomic E-state index is 15.1. The Morgan fingerprint density at radius 3 is 1.43 bits per heavy atom. The first kappa shape index (κ1) is 45.1. The molecule has 0 aliphatic heterocycles. The topological polar surface area (TPSA) is 59.0 Å². The van der Waals surface area contributed by atoms with Crippen molar-refractivity contribution in [1.29, 1.82) is 0 Å². The van der Waals surface area contributed by atoms with Crippen molar-refractivity contribution in [3.8, 4) is 78.3 Å². The van der Waals surface area contributed by atoms with Crippen LogP contribution in [0.5, 0.6) is 0 Å². The number of anilines is 1. The standard InChI is InChI=1S/C62H41Br3N4O/c1-38-12-11-31-66-61(38)43-25-30-60(55(65)37-43)69(2)62(70)46-33-44(47-15-5-7-17-49(47)51-26-21-41(35-53(51)63)58-28-23-39-13-3-9-19-56(39)67-58)32-45(34-46)48-16-6-8-18-50(48)52-27-22-42(36-54(52)64)59-29-24-40-14-4-10-20-57(40)68-59/h3-37H,1-2H3. The summed E-state index contributed by atoms with van der Waals surface area (Å²) in [4.78, 5) is 31.4. The van der Waals surface area contributed by atoms with Crippen LogP contribution in [0, 0.1) is 6.92 Å². The molecule has 3 heterocycles. The van der Waals surface area contributed by atoms with E-state index < -0.39 is 0 Å². The summed E-state index contributed by atoms with van der Waals surface area (Å²) >= 11 is 11.8. The summed E-state index contributed by atoms with van der Waals surface area (Å²) < 4.78 is 2.66. The van der Waals surface area contributed by atoms with Crippen molar-refractivity contribution in [2.24, 2.45) is 0 Å². The minimum absolute atomic E-state index is 0.151. The van der Waals surface area contributed by atoms with E-state index in [-0.39, 0.29) is 5.91 Å². The number of benzene rings is 8. The molecular weight excluding hydrogens is 1060 g/mol. The number of halogens is 3. The maximum Gasteiger partial charge on any atom is 0.258 e. The lowest BCUT2D eigenvalue weighted by Gasteiger charge is -2.22. The van der Waals surface area contributed by atoms with Gasteiger partial charge < -0.3 is 4.90 Å². The first-order chi connectivity index (χ1) is 34.2. The minimum Gasteiger partial charge on any atom is -0.310 e. The number of nitrogens with zero attached hydrogens (tertiary/aromatic N) is 4. The molecule has 0 saturated carbocycles. The number of pyridine rings is 3. The van der Waals surface area contributed by atoms with Gasteiger partial charge in [-0.2, -0.15) is 0 Å². The van der Waals surface area contributed by atoms with Crippen molar-refractivity contribution >= 4 is 81.2 Å². The van der Waals surface area contributed by atoms with E-state index in [0.717, 1.165) is 125 Å². The molecule has 70 heavy (non-hydrogen) atoms. The molecule has 5 nitrogen and oxygen atoms in total. The van der Waals surface area contributed by atoms with Crippen LogP contribution in [-0.2, 0) is 0 Å². The summed E-state index contributed by atoms with van der Waals surface area (Å²) in [6, 6.07) is 70.6. The monoisotopic (exact) mass is 1090 g/mol. The molecule has 1 amide bonds. The predicted octanol–water partition coefficient (Wildman–Crippen LogP) is 17.7. The van der Waals surface area contributed by atoms with E-state index in [1.807, 2.05) is 79.8 Å². The molecule has 0 N–H and O–H groups in total. The van der Waals surface area contributed by atoms with Crippen molar-refractivity contribution < 1.29 is 4.79 Å². The van der Waals surface area contributed by atoms with Gasteiger partial charge in [0.15, 0.2) is 0 Å². The first-order valence-corrected chi connectivity index (χ1v) is 25.2. The molecule has 0 spiro atoms. The Labute approximate surface area is 432 Å². The number of carbonyl (C=O) groups excluding carboxylic acids is 1. The van der Waals surface area contributed by atoms with Crippen molar-refractivity contribution in [2.45, 2.75) is 6.92 Å². The van der Waals surface area contributed by atoms with Gasteiger partial charge in [-0.3, -0.25) is 9.78 Å². The second kappa shape index (κ2) is 19.2. The largest absolute Gasteiger partial charge is 0.310 e. The van der Waals surface area contributed by atoms with Gasteiger partial charge in [0.25, 0.3) is 5.91 Å². The Bertz CT molecular complexity index is 3660. The van der Waals surface area contributed by atoms with Gasteiger partial charge in [0.05, 0.1) is 33.8 Å². The fourth-order valence-electron chi connectivity index (χ4n) is 9.26. The predicted molar refractivity (Wildman–Crippen MR) is 300 cm³/mol. The Morgan fingerprint density at radius 1 is 0.429 bits per heavy atom. The highest BCUT2D eigenvalue weighted by molar-refractivity contribution is 9.11. The molecule has 11 rings (SSSR count). The van der Waals surface area contributed by atoms with Gasteiger partial charge in [-0.05, 0) is 146 Å². The van der Waals surface area contributed by atoms with Crippen LogP contribution < -0.4 is 4.90 Å². The average molecular weight is 1100 g/mol. The lowest BCUT2D eigenvalue weighted by molar-refractivity contribution is 0.0993. The van der Waals surface area contributed by atoms with Gasteiger partial charge in [0.1, 0.15) is 0 Å². The number of carbonyl (C=O) groups is 1. The van der Waals surface area contributed by atoms with Crippen LogP contribution in [0.1, 0.15) is 15.9 Å². The number of amides is 1. The molecule has 11 aromatic rings. The van der Waals surface area contributed by atoms with Crippen LogP contribution in [0.3, 0.4) is 0 Å². The Balaban J connectivity index is 1.02. The zero-order chi connectivity index (χ0) is 47.9. The Morgan fingerprint density at radius 2 is 0.914 bits per heavy atom. The zero-order valence-corrected chi connectivity index (χ0v) is 42.8. The maximum atomic E-state index is 15.1. The molecule has 0 unspecified atom stereocenters. The van der Waals surface area contributed by atoms with Gasteiger partial charge in [-0.1, -0.05) is 165 Å². The quantitative estimate of drug-likeness (QED) is 0.145. The van der Waals surface area contributed by atoms with Crippen molar-refractivity contribution in [3.63, 3.8) is 0 Å². The number of para-hydroxylation sites is 2. The van der Waals surface area contributed by atoms with Crippen molar-refractivity contribution in [3.05, 3.63) is 237 Å². The summed E-state index contributed by atoms with van der Waals surface area (Å²) in [6.45, 7) is 2.05. The van der Waals surface area contributed by atoms with Crippen molar-refractivity contribution in [2.75, 3.05) is 11.9 Å². The molecule has 0 aliphatic rings. The second-order valence-corrected chi connectivity index (χ2v) is 19.8. The zero-order valence-electron chi connectivity index (χ0n) is 38.0. The Kier molecular flexibility index (Phi) is 12.4. The van der Waals surface area contributed by atoms with E-state index >= 15 is 4.79 Å². The van der Waals surface area contributed by atoms with Gasteiger partial charge >= 0.3 is 0 Å². The minimum atomic E-state index is -0.151. The second-order valence-electron chi connectivity index (χ2n) is 17.3. The van der Waals surface area contributed by atoms with Crippen LogP contribution in [0.25, 0.3) is 100 Å². The number of rotatable bonds is 9. The summed E-state index contributed by atoms with van der Waals surface area (Å²) in [5.41, 5.74) is 17.8. The fraction of sp³-hybridized carbons (Fsp3) is 0.0323. The van der Waals surface area contributed by atoms with Gasteiger partial charge in [-0.25, -0.2) is 9.97 Å². The van der Waals surface area contributed by atoms with E-state index in [0.29, 0.717) is 5.56 Å². The van der Waals surface area contributed by atoms with Gasteiger partial charge in [0, 0.05) is 59.7 Å². The third kappa shape index (κ3) is 8.79. The van der Waals surface area contributed by atoms with Crippen LogP contribution in [0.2, 0.25) is 0 Å². The molecule has 0 fully saturated rings. The first-order valence-electron chi connectivity index (χ1n) is 22.8. The molecule has 8 aromatic carbocycles. The number of hydrogen-bond acceptors (Lipinski definition) is 4. The normalized spacial score (nSPS) is 11.3. The molecule has 8 heteroatoms. The lowest BCUT2D eigenvalue weighted by atomic mass is 9.88. The molecule has 0 atom stereocenters. The summed E-state index contributed by atoms with van der Waals surface area (Å²) in [7, 11) is 1.83. The summed E-state index contributed by atoms with van der Waals surface area (Å²) in [5.74, 6) is -0.151. The SMILES string of the molecule is Cc1cccnc1-c1ccc(N(C)C(=O)c2cc(-c3ccccc3-c3ccc(-c4ccc5ccccc5n4)cc3Br)cc(-c3ccccc3-c3ccc(-c4ccc5ccccc5n4)cc3Br)c2)c(Br)c1. The molecule has 336 valence electrons. The molecular formula is C62H41Br3N4O. The molecule has 0 bridgehead atoms. The van der Waals surface area contributed by atoms with Crippen LogP contribution >= 0.6 is 47.8 Å². The van der Waals surface area contributed by atoms with E-state index in [4.69, 9.17) is 9.97 Å². The average Bonchev–Trinajstić information content (AvgIpc) is 3.40. The van der Waals surface area contributed by atoms with E-state index in [1.54, 1.807) is 11.1 Å². The highest BCUT2D eigenvalue weighted by Crippen LogP contribution is 2.43. The van der Waals surface area contributed by atoms with Crippen LogP contribution in [0.15, 0.2) is 226 Å². The van der Waals surface area contributed by atoms with Crippen LogP contribution in [-0.4, -0.2) is 27.9 Å². The van der Waals surface area contributed by atoms with Gasteiger partial charge in [0.2, 0.25) is 0 Å². The van der Waals surface area contributed by atoms with Crippen molar-refractivity contribution in [1.82, 2.24) is 15.0 Å². The molecule has 3 aromatic heterocycles. The number of aryl methyl sites for hydroxylation is 1. The number of aromatic nitrogens is 3. The molecule has 0 aliphatic carbocycles. The number of fused-ring (bicyclic) bond motifs is 2. The highest BCUT2D eigenvalue weighted by Gasteiger charge is 2.22. The van der Waals surface area contributed by atoms with Gasteiger partial charge in [-0.15, -0.1) is 0 Å². The third-order valence-corrected chi connectivity index (χ3v) is 14.8. The van der Waals surface area contributed by atoms with E-state index in [2.05, 4.69) is 193 Å². The number of hydrogen-bond donors (Lipinski definition) is 0. The highest BCUT2D eigenvalue weighted by atomic mass is 79.9. The lowest BCUT2D eigenvalue weighted by Crippen LogP contribution is -2.26. The van der Waals surface area contributed by atoms with E-state index in [9.17, 15) is 0 Å². The summed E-state index contributed by atoms with van der Waals surface area (Å²) in [6.07, 6.45) is 1.80. The molecule has 0 radical (unpaired) electrons. The summed E-state index contributed by atoms with van der Waals surface area (Å²) in [5, 5.41) is 2.21. The third-order valence-electron chi connectivity index (χ3n) is 12.9. The van der Waals surface area contributed by atoms with E-state index in [1.165, 1.54) is 0 Å². The molecule has 0 saturated heterocycles. The Hall–Kier alpha value is -7.36.